The van der Waals surface area contributed by atoms with Crippen molar-refractivity contribution >= 4 is 22.9 Å². The third-order valence-electron chi connectivity index (χ3n) is 3.19. The van der Waals surface area contributed by atoms with Crippen LogP contribution in [0, 0.1) is 0 Å². The molecule has 2 aromatic rings. The summed E-state index contributed by atoms with van der Waals surface area (Å²) in [6.07, 6.45) is 2.12. The first kappa shape index (κ1) is 13.6. The van der Waals surface area contributed by atoms with Crippen LogP contribution in [0.3, 0.4) is 0 Å². The molecule has 0 saturated heterocycles. The van der Waals surface area contributed by atoms with Crippen molar-refractivity contribution in [2.75, 3.05) is 0 Å². The number of thiazole rings is 1. The fourth-order valence-corrected chi connectivity index (χ4v) is 3.12. The van der Waals surface area contributed by atoms with E-state index in [1.807, 2.05) is 23.5 Å². The number of hydrogen-bond acceptors (Lipinski definition) is 2. The first-order valence-corrected chi connectivity index (χ1v) is 7.60. The molecule has 0 aliphatic heterocycles. The molecule has 0 aliphatic carbocycles. The van der Waals surface area contributed by atoms with Crippen molar-refractivity contribution in [1.82, 2.24) is 4.98 Å². The van der Waals surface area contributed by atoms with E-state index in [0.29, 0.717) is 5.92 Å². The van der Waals surface area contributed by atoms with Gasteiger partial charge in [0.2, 0.25) is 0 Å². The average molecular weight is 280 g/mol. The molecule has 0 fully saturated rings. The highest BCUT2D eigenvalue weighted by Crippen LogP contribution is 2.36. The van der Waals surface area contributed by atoms with E-state index in [-0.39, 0.29) is 0 Å². The highest BCUT2D eigenvalue weighted by Gasteiger charge is 2.16. The molecule has 0 saturated carbocycles. The van der Waals surface area contributed by atoms with E-state index in [1.165, 1.54) is 21.1 Å². The molecule has 1 aromatic heterocycles. The van der Waals surface area contributed by atoms with Gasteiger partial charge in [-0.25, -0.2) is 4.98 Å². The summed E-state index contributed by atoms with van der Waals surface area (Å²) < 4.78 is 0. The Morgan fingerprint density at radius 2 is 1.89 bits per heavy atom. The summed E-state index contributed by atoms with van der Waals surface area (Å²) in [5.41, 5.74) is 2.47. The van der Waals surface area contributed by atoms with Crippen LogP contribution in [0.4, 0.5) is 0 Å². The van der Waals surface area contributed by atoms with E-state index in [4.69, 9.17) is 16.6 Å². The number of nitrogens with zero attached hydrogens (tertiary/aromatic N) is 1. The normalized spacial score (nSPS) is 12.7. The summed E-state index contributed by atoms with van der Waals surface area (Å²) in [5, 5.41) is 2.00. The molecule has 1 aromatic carbocycles. The van der Waals surface area contributed by atoms with Crippen LogP contribution in [0.25, 0.3) is 10.4 Å². The van der Waals surface area contributed by atoms with Crippen LogP contribution in [-0.2, 0) is 6.42 Å². The molecule has 0 bridgehead atoms. The Kier molecular flexibility index (Phi) is 4.41. The standard InChI is InChI=1S/C15H18ClNS/c1-4-10(3)14-15(18-13(5-2)17-14)11-6-8-12(16)9-7-11/h6-10H,4-5H2,1-3H3. The van der Waals surface area contributed by atoms with E-state index in [9.17, 15) is 0 Å². The van der Waals surface area contributed by atoms with Crippen LogP contribution in [-0.4, -0.2) is 4.98 Å². The number of benzene rings is 1. The van der Waals surface area contributed by atoms with Gasteiger partial charge >= 0.3 is 0 Å². The molecule has 96 valence electrons. The highest BCUT2D eigenvalue weighted by atomic mass is 35.5. The lowest BCUT2D eigenvalue weighted by atomic mass is 10.0. The zero-order valence-corrected chi connectivity index (χ0v) is 12.6. The van der Waals surface area contributed by atoms with Gasteiger partial charge in [0.1, 0.15) is 0 Å². The minimum atomic E-state index is 0.507. The van der Waals surface area contributed by atoms with Gasteiger partial charge in [-0.3, -0.25) is 0 Å². The van der Waals surface area contributed by atoms with Gasteiger partial charge in [0, 0.05) is 5.02 Å². The van der Waals surface area contributed by atoms with Crippen molar-refractivity contribution in [3.8, 4) is 10.4 Å². The van der Waals surface area contributed by atoms with Gasteiger partial charge in [-0.05, 0) is 36.5 Å². The van der Waals surface area contributed by atoms with Gasteiger partial charge in [-0.2, -0.15) is 0 Å². The summed E-state index contributed by atoms with van der Waals surface area (Å²) >= 11 is 7.76. The van der Waals surface area contributed by atoms with Crippen molar-refractivity contribution in [3.63, 3.8) is 0 Å². The number of aromatic nitrogens is 1. The Labute approximate surface area is 118 Å². The van der Waals surface area contributed by atoms with Crippen LogP contribution < -0.4 is 0 Å². The van der Waals surface area contributed by atoms with Gasteiger partial charge in [0.25, 0.3) is 0 Å². The van der Waals surface area contributed by atoms with Gasteiger partial charge in [0.15, 0.2) is 0 Å². The van der Waals surface area contributed by atoms with Gasteiger partial charge in [-0.1, -0.05) is 44.5 Å². The minimum absolute atomic E-state index is 0.507. The summed E-state index contributed by atoms with van der Waals surface area (Å²) in [4.78, 5) is 6.09. The number of rotatable bonds is 4. The first-order chi connectivity index (χ1) is 8.65. The van der Waals surface area contributed by atoms with E-state index in [2.05, 4.69) is 32.9 Å². The van der Waals surface area contributed by atoms with Crippen LogP contribution in [0.2, 0.25) is 5.02 Å². The van der Waals surface area contributed by atoms with Crippen molar-refractivity contribution in [3.05, 3.63) is 40.0 Å². The smallest absolute Gasteiger partial charge is 0.0932 e. The minimum Gasteiger partial charge on any atom is -0.245 e. The summed E-state index contributed by atoms with van der Waals surface area (Å²) in [5.74, 6) is 0.507. The van der Waals surface area contributed by atoms with Gasteiger partial charge in [-0.15, -0.1) is 11.3 Å². The van der Waals surface area contributed by atoms with E-state index in [0.717, 1.165) is 17.9 Å². The molecule has 3 heteroatoms. The van der Waals surface area contributed by atoms with E-state index >= 15 is 0 Å². The van der Waals surface area contributed by atoms with Crippen molar-refractivity contribution in [1.29, 1.82) is 0 Å². The zero-order chi connectivity index (χ0) is 13.1. The lowest BCUT2D eigenvalue weighted by Crippen LogP contribution is -1.94. The topological polar surface area (TPSA) is 12.9 Å². The fourth-order valence-electron chi connectivity index (χ4n) is 1.86. The SMILES string of the molecule is CCc1nc(C(C)CC)c(-c2ccc(Cl)cc2)s1. The van der Waals surface area contributed by atoms with Crippen LogP contribution in [0.15, 0.2) is 24.3 Å². The second-order valence-electron chi connectivity index (χ2n) is 4.49. The van der Waals surface area contributed by atoms with E-state index < -0.39 is 0 Å². The van der Waals surface area contributed by atoms with Crippen LogP contribution >= 0.6 is 22.9 Å². The zero-order valence-electron chi connectivity index (χ0n) is 11.0. The Balaban J connectivity index is 2.48. The molecule has 0 N–H and O–H groups in total. The maximum absolute atomic E-state index is 5.95. The fraction of sp³-hybridized carbons (Fsp3) is 0.400. The summed E-state index contributed by atoms with van der Waals surface area (Å²) in [6.45, 7) is 6.61. The van der Waals surface area contributed by atoms with Crippen LogP contribution in [0.1, 0.15) is 43.8 Å². The molecular weight excluding hydrogens is 262 g/mol. The largest absolute Gasteiger partial charge is 0.245 e. The molecule has 1 nitrogen and oxygen atoms in total. The quantitative estimate of drug-likeness (QED) is 0.716. The second kappa shape index (κ2) is 5.85. The molecule has 1 unspecified atom stereocenters. The second-order valence-corrected chi connectivity index (χ2v) is 6.01. The van der Waals surface area contributed by atoms with Gasteiger partial charge in [0.05, 0.1) is 15.6 Å². The Hall–Kier alpha value is -0.860. The molecule has 1 atom stereocenters. The molecule has 0 amide bonds. The van der Waals surface area contributed by atoms with Crippen molar-refractivity contribution < 1.29 is 0 Å². The Bertz CT molecular complexity index is 516. The number of hydrogen-bond donors (Lipinski definition) is 0. The van der Waals surface area contributed by atoms with E-state index in [1.54, 1.807) is 0 Å². The maximum Gasteiger partial charge on any atom is 0.0932 e. The lowest BCUT2D eigenvalue weighted by Gasteiger charge is -2.08. The molecule has 0 aliphatic rings. The highest BCUT2D eigenvalue weighted by molar-refractivity contribution is 7.15. The van der Waals surface area contributed by atoms with Crippen LogP contribution in [0.5, 0.6) is 0 Å². The predicted molar refractivity (Wildman–Crippen MR) is 80.6 cm³/mol. The Morgan fingerprint density at radius 1 is 1.22 bits per heavy atom. The first-order valence-electron chi connectivity index (χ1n) is 6.41. The third kappa shape index (κ3) is 2.76. The molecule has 18 heavy (non-hydrogen) atoms. The molecule has 0 radical (unpaired) electrons. The summed E-state index contributed by atoms with van der Waals surface area (Å²) in [7, 11) is 0. The predicted octanol–water partition coefficient (Wildman–Crippen LogP) is 5.54. The third-order valence-corrected chi connectivity index (χ3v) is 4.70. The molecule has 1 heterocycles. The van der Waals surface area contributed by atoms with Crippen molar-refractivity contribution in [2.45, 2.75) is 39.5 Å². The molecule has 2 rings (SSSR count). The Morgan fingerprint density at radius 3 is 2.44 bits per heavy atom. The van der Waals surface area contributed by atoms with Gasteiger partial charge < -0.3 is 0 Å². The molecular formula is C15H18ClNS. The monoisotopic (exact) mass is 279 g/mol. The lowest BCUT2D eigenvalue weighted by molar-refractivity contribution is 0.711. The number of halogens is 1. The van der Waals surface area contributed by atoms with Crippen molar-refractivity contribution in [2.24, 2.45) is 0 Å². The summed E-state index contributed by atoms with van der Waals surface area (Å²) in [6, 6.07) is 8.06. The average Bonchev–Trinajstić information content (AvgIpc) is 2.83. The maximum atomic E-state index is 5.95. The number of aryl methyl sites for hydroxylation is 1. The molecule has 0 spiro atoms.